The van der Waals surface area contributed by atoms with Gasteiger partial charge < -0.3 is 19.5 Å². The summed E-state index contributed by atoms with van der Waals surface area (Å²) in [5, 5.41) is 6.04. The van der Waals surface area contributed by atoms with Gasteiger partial charge in [0.25, 0.3) is 0 Å². The molecule has 1 saturated heterocycles. The van der Waals surface area contributed by atoms with Crippen molar-refractivity contribution < 1.29 is 19.0 Å². The molecule has 0 aromatic heterocycles. The maximum atomic E-state index is 12.2. The van der Waals surface area contributed by atoms with E-state index in [0.717, 1.165) is 5.56 Å². The van der Waals surface area contributed by atoms with Crippen LogP contribution in [0, 0.1) is 0 Å². The fraction of sp³-hybridized carbons (Fsp3) is 0.462. The molecule has 1 aromatic carbocycles. The maximum absolute atomic E-state index is 12.2. The summed E-state index contributed by atoms with van der Waals surface area (Å²) in [5.41, 5.74) is 0.0824. The number of carbonyl (C=O) groups is 1. The predicted octanol–water partition coefficient (Wildman–Crippen LogP) is 0.358. The summed E-state index contributed by atoms with van der Waals surface area (Å²) in [5.74, 6) is 1.82. The van der Waals surface area contributed by atoms with Crippen molar-refractivity contribution >= 4 is 5.91 Å². The summed E-state index contributed by atoms with van der Waals surface area (Å²) in [6, 6.07) is 3.58. The van der Waals surface area contributed by atoms with Gasteiger partial charge in [0.1, 0.15) is 11.3 Å². The molecule has 2 N–H and O–H groups in total. The Morgan fingerprint density at radius 3 is 2.63 bits per heavy atom. The number of hydrogen-bond acceptors (Lipinski definition) is 5. The molecular weight excluding hydrogens is 248 g/mol. The van der Waals surface area contributed by atoms with Gasteiger partial charge in [-0.15, -0.1) is 0 Å². The molecule has 2 heterocycles. The highest BCUT2D eigenvalue weighted by Crippen LogP contribution is 2.44. The zero-order valence-corrected chi connectivity index (χ0v) is 10.9. The number of nitrogens with one attached hydrogen (secondary N) is 2. The number of rotatable bonds is 2. The molecule has 102 valence electrons. The summed E-state index contributed by atoms with van der Waals surface area (Å²) in [6.07, 6.45) is 0.599. The van der Waals surface area contributed by atoms with Gasteiger partial charge in [-0.05, 0) is 6.07 Å². The molecule has 19 heavy (non-hydrogen) atoms. The molecule has 3 rings (SSSR count). The van der Waals surface area contributed by atoms with Crippen molar-refractivity contribution in [3.05, 3.63) is 17.7 Å². The van der Waals surface area contributed by atoms with Gasteiger partial charge >= 0.3 is 0 Å². The lowest BCUT2D eigenvalue weighted by atomic mass is 9.84. The largest absolute Gasteiger partial charge is 0.493 e. The molecule has 2 aliphatic rings. The second kappa shape index (κ2) is 4.31. The quantitative estimate of drug-likeness (QED) is 0.807. The average Bonchev–Trinajstić information content (AvgIpc) is 2.80. The Kier molecular flexibility index (Phi) is 2.74. The molecule has 0 bridgehead atoms. The first-order chi connectivity index (χ1) is 9.21. The molecule has 1 spiro atoms. The van der Waals surface area contributed by atoms with Crippen LogP contribution >= 0.6 is 0 Å². The van der Waals surface area contributed by atoms with Crippen molar-refractivity contribution in [2.24, 2.45) is 0 Å². The Bertz CT molecular complexity index is 532. The summed E-state index contributed by atoms with van der Waals surface area (Å²) in [7, 11) is 3.14. The number of amides is 1. The topological polar surface area (TPSA) is 68.8 Å². The van der Waals surface area contributed by atoms with Crippen LogP contribution in [0.4, 0.5) is 0 Å². The van der Waals surface area contributed by atoms with Gasteiger partial charge in [-0.2, -0.15) is 0 Å². The van der Waals surface area contributed by atoms with Crippen LogP contribution in [0.1, 0.15) is 12.0 Å². The predicted molar refractivity (Wildman–Crippen MR) is 67.5 cm³/mol. The molecule has 0 saturated carbocycles. The van der Waals surface area contributed by atoms with Crippen LogP contribution in [0.3, 0.4) is 0 Å². The van der Waals surface area contributed by atoms with Crippen molar-refractivity contribution in [2.75, 3.05) is 27.5 Å². The molecule has 1 aromatic rings. The highest BCUT2D eigenvalue weighted by Gasteiger charge is 2.48. The lowest BCUT2D eigenvalue weighted by Crippen LogP contribution is -2.47. The van der Waals surface area contributed by atoms with E-state index < -0.39 is 5.54 Å². The van der Waals surface area contributed by atoms with Crippen LogP contribution in [0.5, 0.6) is 17.2 Å². The molecular formula is C13H16N2O4. The Morgan fingerprint density at radius 2 is 2.00 bits per heavy atom. The smallest absolute Gasteiger partial charge is 0.246 e. The van der Waals surface area contributed by atoms with Crippen molar-refractivity contribution in [3.63, 3.8) is 0 Å². The molecule has 6 nitrogen and oxygen atoms in total. The van der Waals surface area contributed by atoms with Gasteiger partial charge in [0.15, 0.2) is 11.5 Å². The summed E-state index contributed by atoms with van der Waals surface area (Å²) in [6.45, 7) is 0.954. The minimum Gasteiger partial charge on any atom is -0.493 e. The number of carbonyl (C=O) groups excluding carboxylic acids is 1. The van der Waals surface area contributed by atoms with E-state index in [1.165, 1.54) is 0 Å². The van der Waals surface area contributed by atoms with E-state index in [1.807, 2.05) is 6.07 Å². The zero-order valence-electron chi connectivity index (χ0n) is 10.9. The SMILES string of the molecule is COc1cc2c(cc1OC)C1(CCO2)NCNC1=O. The fourth-order valence-electron chi connectivity index (χ4n) is 2.69. The monoisotopic (exact) mass is 264 g/mol. The second-order valence-corrected chi connectivity index (χ2v) is 4.57. The Hall–Kier alpha value is -1.95. The Morgan fingerprint density at radius 1 is 1.26 bits per heavy atom. The third kappa shape index (κ3) is 1.63. The van der Waals surface area contributed by atoms with Crippen molar-refractivity contribution in [1.29, 1.82) is 0 Å². The summed E-state index contributed by atoms with van der Waals surface area (Å²) < 4.78 is 16.2. The standard InChI is InChI=1S/C13H16N2O4/c1-17-10-5-8-9(6-11(10)18-2)19-4-3-13(8)12(16)14-7-15-13/h5-6,15H,3-4,7H2,1-2H3,(H,14,16). The molecule has 0 radical (unpaired) electrons. The number of benzene rings is 1. The van der Waals surface area contributed by atoms with Gasteiger partial charge in [0.2, 0.25) is 5.91 Å². The highest BCUT2D eigenvalue weighted by molar-refractivity contribution is 5.91. The molecule has 1 atom stereocenters. The van der Waals surface area contributed by atoms with E-state index in [4.69, 9.17) is 14.2 Å². The number of ether oxygens (including phenoxy) is 3. The van der Waals surface area contributed by atoms with Crippen molar-refractivity contribution in [3.8, 4) is 17.2 Å². The Balaban J connectivity index is 2.16. The third-order valence-corrected chi connectivity index (χ3v) is 3.71. The first kappa shape index (κ1) is 12.1. The van der Waals surface area contributed by atoms with Crippen LogP contribution in [-0.4, -0.2) is 33.4 Å². The number of hydrogen-bond donors (Lipinski definition) is 2. The minimum atomic E-state index is -0.715. The molecule has 1 unspecified atom stereocenters. The molecule has 6 heteroatoms. The fourth-order valence-corrected chi connectivity index (χ4v) is 2.69. The van der Waals surface area contributed by atoms with Gasteiger partial charge in [0, 0.05) is 18.1 Å². The van der Waals surface area contributed by atoms with Crippen LogP contribution in [0.2, 0.25) is 0 Å². The van der Waals surface area contributed by atoms with Crippen LogP contribution in [0.15, 0.2) is 12.1 Å². The molecule has 1 amide bonds. The first-order valence-electron chi connectivity index (χ1n) is 6.14. The van der Waals surface area contributed by atoms with Gasteiger partial charge in [-0.1, -0.05) is 0 Å². The molecule has 0 aliphatic carbocycles. The van der Waals surface area contributed by atoms with Crippen molar-refractivity contribution in [1.82, 2.24) is 10.6 Å². The van der Waals surface area contributed by atoms with E-state index in [9.17, 15) is 4.79 Å². The van der Waals surface area contributed by atoms with Crippen molar-refractivity contribution in [2.45, 2.75) is 12.0 Å². The summed E-state index contributed by atoms with van der Waals surface area (Å²) in [4.78, 5) is 12.2. The molecule has 1 fully saturated rings. The second-order valence-electron chi connectivity index (χ2n) is 4.57. The van der Waals surface area contributed by atoms with Gasteiger partial charge in [-0.3, -0.25) is 10.1 Å². The maximum Gasteiger partial charge on any atom is 0.246 e. The minimum absolute atomic E-state index is 0.0238. The average molecular weight is 264 g/mol. The Labute approximate surface area is 111 Å². The highest BCUT2D eigenvalue weighted by atomic mass is 16.5. The van der Waals surface area contributed by atoms with E-state index >= 15 is 0 Å². The lowest BCUT2D eigenvalue weighted by molar-refractivity contribution is -0.125. The first-order valence-corrected chi connectivity index (χ1v) is 6.14. The van der Waals surface area contributed by atoms with Crippen LogP contribution < -0.4 is 24.8 Å². The normalized spacial score (nSPS) is 24.6. The van der Waals surface area contributed by atoms with Crippen LogP contribution in [0.25, 0.3) is 0 Å². The van der Waals surface area contributed by atoms with Crippen LogP contribution in [-0.2, 0) is 10.3 Å². The van der Waals surface area contributed by atoms with Gasteiger partial charge in [0.05, 0.1) is 27.5 Å². The zero-order chi connectivity index (χ0) is 13.5. The van der Waals surface area contributed by atoms with E-state index in [-0.39, 0.29) is 5.91 Å². The lowest BCUT2D eigenvalue weighted by Gasteiger charge is -2.33. The van der Waals surface area contributed by atoms with E-state index in [2.05, 4.69) is 10.6 Å². The summed E-state index contributed by atoms with van der Waals surface area (Å²) >= 11 is 0. The molecule has 2 aliphatic heterocycles. The van der Waals surface area contributed by atoms with E-state index in [0.29, 0.717) is 36.9 Å². The third-order valence-electron chi connectivity index (χ3n) is 3.71. The number of methoxy groups -OCH3 is 2. The van der Waals surface area contributed by atoms with Gasteiger partial charge in [-0.25, -0.2) is 0 Å². The number of fused-ring (bicyclic) bond motifs is 2. The van der Waals surface area contributed by atoms with E-state index in [1.54, 1.807) is 20.3 Å².